The number of carbonyl (C=O) groups is 1. The van der Waals surface area contributed by atoms with Crippen molar-refractivity contribution in [2.24, 2.45) is 11.1 Å². The Bertz CT molecular complexity index is 560. The van der Waals surface area contributed by atoms with Crippen molar-refractivity contribution < 1.29 is 4.79 Å². The van der Waals surface area contributed by atoms with Crippen LogP contribution in [0.15, 0.2) is 6.20 Å². The molecule has 2 saturated carbocycles. The van der Waals surface area contributed by atoms with Gasteiger partial charge in [-0.2, -0.15) is 5.26 Å². The van der Waals surface area contributed by atoms with Crippen molar-refractivity contribution in [1.29, 1.82) is 5.26 Å². The topological polar surface area (TPSA) is 97.6 Å². The highest BCUT2D eigenvalue weighted by molar-refractivity contribution is 5.83. The van der Waals surface area contributed by atoms with E-state index in [1.165, 1.54) is 0 Å². The molecule has 1 aromatic heterocycles. The SMILES string of the molecule is N#CC1(n2cc([CH]C3(C(N)=O)CCCCC3)nn2)CC1. The maximum Gasteiger partial charge on any atom is 0.224 e. The average molecular weight is 272 g/mol. The molecule has 0 spiro atoms. The van der Waals surface area contributed by atoms with Crippen LogP contribution in [0.3, 0.4) is 0 Å². The predicted molar refractivity (Wildman–Crippen MR) is 71.0 cm³/mol. The van der Waals surface area contributed by atoms with Gasteiger partial charge in [0.05, 0.1) is 23.4 Å². The molecule has 105 valence electrons. The minimum atomic E-state index is -0.595. The molecular formula is C14H18N5O. The van der Waals surface area contributed by atoms with Gasteiger partial charge in [-0.1, -0.05) is 24.5 Å². The number of hydrogen-bond acceptors (Lipinski definition) is 4. The summed E-state index contributed by atoms with van der Waals surface area (Å²) in [5.74, 6) is -0.284. The zero-order chi connectivity index (χ0) is 14.2. The van der Waals surface area contributed by atoms with Crippen molar-refractivity contribution in [2.75, 3.05) is 0 Å². The zero-order valence-corrected chi connectivity index (χ0v) is 11.4. The maximum atomic E-state index is 11.8. The van der Waals surface area contributed by atoms with E-state index >= 15 is 0 Å². The molecule has 1 heterocycles. The van der Waals surface area contributed by atoms with Gasteiger partial charge in [-0.25, -0.2) is 4.68 Å². The molecule has 0 saturated heterocycles. The Kier molecular flexibility index (Phi) is 3.00. The molecule has 2 N–H and O–H groups in total. The van der Waals surface area contributed by atoms with Crippen molar-refractivity contribution in [3.63, 3.8) is 0 Å². The van der Waals surface area contributed by atoms with Gasteiger partial charge in [-0.05, 0) is 25.7 Å². The van der Waals surface area contributed by atoms with Gasteiger partial charge < -0.3 is 5.73 Å². The van der Waals surface area contributed by atoms with E-state index in [4.69, 9.17) is 11.0 Å². The summed E-state index contributed by atoms with van der Waals surface area (Å²) in [5, 5.41) is 17.3. The normalized spacial score (nSPS) is 22.9. The molecule has 0 atom stereocenters. The van der Waals surface area contributed by atoms with Crippen molar-refractivity contribution in [1.82, 2.24) is 15.0 Å². The summed E-state index contributed by atoms with van der Waals surface area (Å²) in [4.78, 5) is 11.8. The Morgan fingerprint density at radius 1 is 1.35 bits per heavy atom. The number of rotatable bonds is 4. The molecule has 2 aliphatic rings. The monoisotopic (exact) mass is 272 g/mol. The predicted octanol–water partition coefficient (Wildman–Crippen LogP) is 1.28. The molecule has 6 nitrogen and oxygen atoms in total. The van der Waals surface area contributed by atoms with Gasteiger partial charge in [0, 0.05) is 6.42 Å². The summed E-state index contributed by atoms with van der Waals surface area (Å²) in [6.07, 6.45) is 9.96. The van der Waals surface area contributed by atoms with Crippen LogP contribution in [0.25, 0.3) is 0 Å². The van der Waals surface area contributed by atoms with Crippen molar-refractivity contribution in [3.8, 4) is 6.07 Å². The largest absolute Gasteiger partial charge is 0.369 e. The van der Waals surface area contributed by atoms with Gasteiger partial charge in [0.25, 0.3) is 0 Å². The molecule has 3 rings (SSSR count). The second kappa shape index (κ2) is 4.58. The van der Waals surface area contributed by atoms with Crippen LogP contribution in [0.4, 0.5) is 0 Å². The van der Waals surface area contributed by atoms with Crippen LogP contribution in [-0.2, 0) is 10.3 Å². The summed E-state index contributed by atoms with van der Waals surface area (Å²) in [7, 11) is 0. The van der Waals surface area contributed by atoms with E-state index in [2.05, 4.69) is 16.4 Å². The number of amides is 1. The van der Waals surface area contributed by atoms with Crippen LogP contribution >= 0.6 is 0 Å². The minimum Gasteiger partial charge on any atom is -0.369 e. The quantitative estimate of drug-likeness (QED) is 0.892. The fourth-order valence-electron chi connectivity index (χ4n) is 2.99. The lowest BCUT2D eigenvalue weighted by molar-refractivity contribution is -0.127. The van der Waals surface area contributed by atoms with Crippen molar-refractivity contribution in [3.05, 3.63) is 18.3 Å². The molecule has 6 heteroatoms. The number of hydrogen-bond donors (Lipinski definition) is 1. The van der Waals surface area contributed by atoms with Gasteiger partial charge >= 0.3 is 0 Å². The first-order chi connectivity index (χ1) is 9.60. The Balaban J connectivity index is 1.80. The number of nitrogens with zero attached hydrogens (tertiary/aromatic N) is 4. The van der Waals surface area contributed by atoms with Crippen LogP contribution < -0.4 is 5.73 Å². The molecule has 0 aromatic carbocycles. The Labute approximate surface area is 117 Å². The fraction of sp³-hybridized carbons (Fsp3) is 0.643. The Morgan fingerprint density at radius 2 is 2.05 bits per heavy atom. The molecule has 2 aliphatic carbocycles. The van der Waals surface area contributed by atoms with Crippen molar-refractivity contribution in [2.45, 2.75) is 50.5 Å². The highest BCUT2D eigenvalue weighted by atomic mass is 16.1. The molecule has 0 aliphatic heterocycles. The number of nitriles is 1. The van der Waals surface area contributed by atoms with E-state index < -0.39 is 11.0 Å². The number of nitrogens with two attached hydrogens (primary N) is 1. The summed E-state index contributed by atoms with van der Waals surface area (Å²) >= 11 is 0. The first kappa shape index (κ1) is 13.1. The van der Waals surface area contributed by atoms with E-state index in [1.807, 2.05) is 6.42 Å². The molecule has 1 radical (unpaired) electrons. The summed E-state index contributed by atoms with van der Waals surface area (Å²) in [6.45, 7) is 0. The highest BCUT2D eigenvalue weighted by Gasteiger charge is 2.47. The maximum absolute atomic E-state index is 11.8. The highest BCUT2D eigenvalue weighted by Crippen LogP contribution is 2.43. The van der Waals surface area contributed by atoms with E-state index in [9.17, 15) is 4.79 Å². The van der Waals surface area contributed by atoms with Crippen LogP contribution in [0, 0.1) is 23.2 Å². The van der Waals surface area contributed by atoms with Gasteiger partial charge in [0.1, 0.15) is 0 Å². The third-order valence-electron chi connectivity index (χ3n) is 4.54. The third-order valence-corrected chi connectivity index (χ3v) is 4.54. The number of primary amides is 1. The van der Waals surface area contributed by atoms with Gasteiger partial charge in [0.2, 0.25) is 5.91 Å². The fourth-order valence-corrected chi connectivity index (χ4v) is 2.99. The Morgan fingerprint density at radius 3 is 2.60 bits per heavy atom. The van der Waals surface area contributed by atoms with E-state index in [-0.39, 0.29) is 5.91 Å². The smallest absolute Gasteiger partial charge is 0.224 e. The van der Waals surface area contributed by atoms with Crippen LogP contribution in [0.5, 0.6) is 0 Å². The molecular weight excluding hydrogens is 254 g/mol. The zero-order valence-electron chi connectivity index (χ0n) is 11.4. The summed E-state index contributed by atoms with van der Waals surface area (Å²) < 4.78 is 1.62. The molecule has 0 bridgehead atoms. The first-order valence-corrected chi connectivity index (χ1v) is 7.10. The van der Waals surface area contributed by atoms with Crippen LogP contribution in [0.2, 0.25) is 0 Å². The molecule has 1 aromatic rings. The van der Waals surface area contributed by atoms with Crippen LogP contribution in [-0.4, -0.2) is 20.9 Å². The summed E-state index contributed by atoms with van der Waals surface area (Å²) in [6, 6.07) is 2.27. The lowest BCUT2D eigenvalue weighted by atomic mass is 9.70. The van der Waals surface area contributed by atoms with E-state index in [1.54, 1.807) is 10.9 Å². The Hall–Kier alpha value is -1.90. The molecule has 2 fully saturated rings. The second-order valence-electron chi connectivity index (χ2n) is 5.96. The van der Waals surface area contributed by atoms with Gasteiger partial charge in [-0.3, -0.25) is 4.79 Å². The standard InChI is InChI=1S/C14H18N5O/c15-10-14(6-7-14)19-9-11(17-18-19)8-13(12(16)20)4-2-1-3-5-13/h8-9H,1-7H2,(H2,16,20). The lowest BCUT2D eigenvalue weighted by Crippen LogP contribution is -2.39. The molecule has 0 unspecified atom stereocenters. The van der Waals surface area contributed by atoms with E-state index in [0.717, 1.165) is 44.9 Å². The average Bonchev–Trinajstić information content (AvgIpc) is 3.13. The van der Waals surface area contributed by atoms with Crippen molar-refractivity contribution >= 4 is 5.91 Å². The molecule has 1 amide bonds. The summed E-state index contributed by atoms with van der Waals surface area (Å²) in [5.41, 5.74) is 5.15. The van der Waals surface area contributed by atoms with Gasteiger partial charge in [0.15, 0.2) is 5.54 Å². The van der Waals surface area contributed by atoms with E-state index in [0.29, 0.717) is 5.69 Å². The number of carbonyl (C=O) groups excluding carboxylic acids is 1. The van der Waals surface area contributed by atoms with Gasteiger partial charge in [-0.15, -0.1) is 5.10 Å². The number of aromatic nitrogens is 3. The lowest BCUT2D eigenvalue weighted by Gasteiger charge is -2.33. The molecule has 20 heavy (non-hydrogen) atoms. The second-order valence-corrected chi connectivity index (χ2v) is 5.96. The first-order valence-electron chi connectivity index (χ1n) is 7.10. The minimum absolute atomic E-state index is 0.284. The third kappa shape index (κ3) is 2.07. The van der Waals surface area contributed by atoms with Crippen LogP contribution in [0.1, 0.15) is 50.6 Å².